The van der Waals surface area contributed by atoms with Crippen molar-refractivity contribution < 1.29 is 14.6 Å². The number of rotatable bonds is 5. The van der Waals surface area contributed by atoms with E-state index in [2.05, 4.69) is 15.3 Å². The Morgan fingerprint density at radius 3 is 2.92 bits per heavy atom. The van der Waals surface area contributed by atoms with Crippen LogP contribution in [0.4, 0.5) is 17.3 Å². The normalized spacial score (nSPS) is 17.2. The zero-order chi connectivity index (χ0) is 17.8. The molecule has 0 bridgehead atoms. The van der Waals surface area contributed by atoms with Gasteiger partial charge in [0, 0.05) is 19.2 Å². The predicted octanol–water partition coefficient (Wildman–Crippen LogP) is 2.84. The highest BCUT2D eigenvalue weighted by atomic mass is 16.5. The number of carboxylic acid groups (broad SMARTS) is 1. The first-order valence-electron chi connectivity index (χ1n) is 8.30. The second-order valence-electron chi connectivity index (χ2n) is 6.11. The number of benzene rings is 1. The number of anilines is 3. The van der Waals surface area contributed by atoms with Crippen LogP contribution in [0.25, 0.3) is 0 Å². The number of carbonyl (C=O) groups is 1. The van der Waals surface area contributed by atoms with Crippen LogP contribution in [0.15, 0.2) is 30.3 Å². The van der Waals surface area contributed by atoms with Gasteiger partial charge in [0.2, 0.25) is 0 Å². The van der Waals surface area contributed by atoms with Crippen molar-refractivity contribution in [3.05, 3.63) is 36.2 Å². The monoisotopic (exact) mass is 342 g/mol. The van der Waals surface area contributed by atoms with Gasteiger partial charge in [0.15, 0.2) is 0 Å². The minimum atomic E-state index is -0.747. The van der Waals surface area contributed by atoms with Crippen LogP contribution in [0.1, 0.15) is 18.7 Å². The third kappa shape index (κ3) is 3.99. The molecule has 1 aliphatic heterocycles. The molecule has 25 heavy (non-hydrogen) atoms. The van der Waals surface area contributed by atoms with Crippen LogP contribution in [-0.4, -0.2) is 41.2 Å². The summed E-state index contributed by atoms with van der Waals surface area (Å²) >= 11 is 0. The van der Waals surface area contributed by atoms with E-state index in [-0.39, 0.29) is 5.92 Å². The summed E-state index contributed by atoms with van der Waals surface area (Å²) in [5.74, 6) is 1.66. The van der Waals surface area contributed by atoms with E-state index >= 15 is 0 Å². The van der Waals surface area contributed by atoms with E-state index in [1.807, 2.05) is 42.2 Å². The van der Waals surface area contributed by atoms with E-state index in [1.54, 1.807) is 7.11 Å². The smallest absolute Gasteiger partial charge is 0.308 e. The standard InChI is InChI=1S/C18H22N4O3/c1-12-19-16(21-14-7-3-4-8-15(14)25-2)10-17(20-12)22-9-5-6-13(11-22)18(23)24/h3-4,7-8,10,13H,5-6,9,11H2,1-2H3,(H,23,24)(H,19,20,21). The van der Waals surface area contributed by atoms with Crippen molar-refractivity contribution in [3.8, 4) is 5.75 Å². The Kier molecular flexibility index (Phi) is 5.02. The Labute approximate surface area is 146 Å². The maximum atomic E-state index is 11.3. The average Bonchev–Trinajstić information content (AvgIpc) is 2.62. The Hall–Kier alpha value is -2.83. The molecule has 2 heterocycles. The molecule has 7 heteroatoms. The lowest BCUT2D eigenvalue weighted by molar-refractivity contribution is -0.141. The number of hydrogen-bond donors (Lipinski definition) is 2. The van der Waals surface area contributed by atoms with Crippen molar-refractivity contribution in [1.29, 1.82) is 0 Å². The molecule has 0 radical (unpaired) electrons. The number of piperidine rings is 1. The van der Waals surface area contributed by atoms with E-state index in [9.17, 15) is 9.90 Å². The van der Waals surface area contributed by atoms with Crippen molar-refractivity contribution in [2.24, 2.45) is 5.92 Å². The summed E-state index contributed by atoms with van der Waals surface area (Å²) in [5.41, 5.74) is 0.816. The third-order valence-electron chi connectivity index (χ3n) is 4.29. The van der Waals surface area contributed by atoms with Gasteiger partial charge in [-0.05, 0) is 31.9 Å². The molecule has 0 spiro atoms. The lowest BCUT2D eigenvalue weighted by Crippen LogP contribution is -2.39. The van der Waals surface area contributed by atoms with Crippen molar-refractivity contribution in [2.75, 3.05) is 30.4 Å². The highest BCUT2D eigenvalue weighted by molar-refractivity contribution is 5.71. The summed E-state index contributed by atoms with van der Waals surface area (Å²) in [4.78, 5) is 22.2. The quantitative estimate of drug-likeness (QED) is 0.864. The van der Waals surface area contributed by atoms with Gasteiger partial charge in [0.05, 0.1) is 18.7 Å². The number of aliphatic carboxylic acids is 1. The van der Waals surface area contributed by atoms with Crippen LogP contribution in [0.5, 0.6) is 5.75 Å². The van der Waals surface area contributed by atoms with Gasteiger partial charge in [-0.3, -0.25) is 4.79 Å². The summed E-state index contributed by atoms with van der Waals surface area (Å²) < 4.78 is 5.35. The molecule has 1 aromatic carbocycles. The van der Waals surface area contributed by atoms with Crippen molar-refractivity contribution in [2.45, 2.75) is 19.8 Å². The van der Waals surface area contributed by atoms with Crippen molar-refractivity contribution in [1.82, 2.24) is 9.97 Å². The molecule has 0 aliphatic carbocycles. The first-order chi connectivity index (χ1) is 12.1. The van der Waals surface area contributed by atoms with Gasteiger partial charge < -0.3 is 20.1 Å². The number of ether oxygens (including phenoxy) is 1. The molecule has 1 aromatic heterocycles. The molecule has 3 rings (SSSR count). The highest BCUT2D eigenvalue weighted by Gasteiger charge is 2.26. The van der Waals surface area contributed by atoms with E-state index < -0.39 is 5.97 Å². The number of hydrogen-bond acceptors (Lipinski definition) is 6. The third-order valence-corrected chi connectivity index (χ3v) is 4.29. The Bertz CT molecular complexity index is 766. The molecule has 0 amide bonds. The molecule has 7 nitrogen and oxygen atoms in total. The Balaban J connectivity index is 1.84. The van der Waals surface area contributed by atoms with Gasteiger partial charge in [-0.2, -0.15) is 0 Å². The van der Waals surface area contributed by atoms with Crippen LogP contribution in [0.2, 0.25) is 0 Å². The summed E-state index contributed by atoms with van der Waals surface area (Å²) in [6, 6.07) is 9.46. The number of nitrogens with one attached hydrogen (secondary N) is 1. The summed E-state index contributed by atoms with van der Waals surface area (Å²) in [5, 5.41) is 12.5. The first-order valence-corrected chi connectivity index (χ1v) is 8.30. The van der Waals surface area contributed by atoms with Crippen LogP contribution >= 0.6 is 0 Å². The van der Waals surface area contributed by atoms with Crippen LogP contribution in [-0.2, 0) is 4.79 Å². The van der Waals surface area contributed by atoms with Gasteiger partial charge in [0.1, 0.15) is 23.2 Å². The molecule has 1 atom stereocenters. The second-order valence-corrected chi connectivity index (χ2v) is 6.11. The maximum absolute atomic E-state index is 11.3. The molecule has 0 saturated carbocycles. The Morgan fingerprint density at radius 1 is 1.36 bits per heavy atom. The largest absolute Gasteiger partial charge is 0.495 e. The number of para-hydroxylation sites is 2. The van der Waals surface area contributed by atoms with Gasteiger partial charge in [-0.1, -0.05) is 12.1 Å². The summed E-state index contributed by atoms with van der Waals surface area (Å²) in [6.45, 7) is 3.10. The molecule has 2 aromatic rings. The number of methoxy groups -OCH3 is 1. The molecule has 1 aliphatic rings. The minimum Gasteiger partial charge on any atom is -0.495 e. The van der Waals surface area contributed by atoms with Crippen LogP contribution < -0.4 is 15.0 Å². The maximum Gasteiger partial charge on any atom is 0.308 e. The van der Waals surface area contributed by atoms with Gasteiger partial charge in [-0.25, -0.2) is 9.97 Å². The van der Waals surface area contributed by atoms with E-state index in [0.717, 1.165) is 30.2 Å². The zero-order valence-corrected chi connectivity index (χ0v) is 14.4. The van der Waals surface area contributed by atoms with E-state index in [4.69, 9.17) is 4.74 Å². The Morgan fingerprint density at radius 2 is 2.16 bits per heavy atom. The van der Waals surface area contributed by atoms with Gasteiger partial charge in [-0.15, -0.1) is 0 Å². The summed E-state index contributed by atoms with van der Waals surface area (Å²) in [7, 11) is 1.62. The fourth-order valence-corrected chi connectivity index (χ4v) is 3.05. The minimum absolute atomic E-state index is 0.352. The fourth-order valence-electron chi connectivity index (χ4n) is 3.05. The fraction of sp³-hybridized carbons (Fsp3) is 0.389. The SMILES string of the molecule is COc1ccccc1Nc1cc(N2CCCC(C(=O)O)C2)nc(C)n1. The molecule has 132 valence electrons. The molecule has 2 N–H and O–H groups in total. The molecule has 1 unspecified atom stereocenters. The van der Waals surface area contributed by atoms with Crippen molar-refractivity contribution in [3.63, 3.8) is 0 Å². The average molecular weight is 342 g/mol. The molecule has 1 fully saturated rings. The number of nitrogens with zero attached hydrogens (tertiary/aromatic N) is 3. The predicted molar refractivity (Wildman–Crippen MR) is 95.6 cm³/mol. The zero-order valence-electron chi connectivity index (χ0n) is 14.4. The lowest BCUT2D eigenvalue weighted by atomic mass is 9.98. The topological polar surface area (TPSA) is 87.6 Å². The molecule has 1 saturated heterocycles. The highest BCUT2D eigenvalue weighted by Crippen LogP contribution is 2.28. The van der Waals surface area contributed by atoms with Gasteiger partial charge in [0.25, 0.3) is 0 Å². The summed E-state index contributed by atoms with van der Waals surface area (Å²) in [6.07, 6.45) is 1.55. The number of carboxylic acids is 1. The number of aryl methyl sites for hydroxylation is 1. The number of aromatic nitrogens is 2. The lowest BCUT2D eigenvalue weighted by Gasteiger charge is -2.31. The van der Waals surface area contributed by atoms with Gasteiger partial charge >= 0.3 is 5.97 Å². The second kappa shape index (κ2) is 7.38. The van der Waals surface area contributed by atoms with Crippen LogP contribution in [0, 0.1) is 12.8 Å². The first kappa shape index (κ1) is 17.0. The molecular formula is C18H22N4O3. The molecular weight excluding hydrogens is 320 g/mol. The van der Waals surface area contributed by atoms with Crippen molar-refractivity contribution >= 4 is 23.3 Å². The van der Waals surface area contributed by atoms with Crippen LogP contribution in [0.3, 0.4) is 0 Å². The van der Waals surface area contributed by atoms with E-state index in [1.165, 1.54) is 0 Å². The van der Waals surface area contributed by atoms with E-state index in [0.29, 0.717) is 24.6 Å².